The molecule has 28 heavy (non-hydrogen) atoms. The van der Waals surface area contributed by atoms with Gasteiger partial charge in [-0.05, 0) is 36.2 Å². The summed E-state index contributed by atoms with van der Waals surface area (Å²) in [4.78, 5) is 12.1. The first kappa shape index (κ1) is 20.6. The number of allylic oxidation sites excluding steroid dienone is 1. The van der Waals surface area contributed by atoms with Crippen molar-refractivity contribution in [3.05, 3.63) is 88.7 Å². The number of carbonyl (C=O) groups is 1. The van der Waals surface area contributed by atoms with Crippen LogP contribution in [0.25, 0.3) is 5.69 Å². The lowest BCUT2D eigenvalue weighted by molar-refractivity contribution is -0.109. The zero-order valence-corrected chi connectivity index (χ0v) is 17.6. The van der Waals surface area contributed by atoms with Crippen molar-refractivity contribution in [2.75, 3.05) is 0 Å². The highest BCUT2D eigenvalue weighted by molar-refractivity contribution is 8.13. The number of hydrogen-bond acceptors (Lipinski definition) is 4. The fourth-order valence-corrected chi connectivity index (χ4v) is 4.47. The van der Waals surface area contributed by atoms with Gasteiger partial charge in [-0.15, -0.1) is 11.7 Å². The molecule has 0 saturated heterocycles. The zero-order chi connectivity index (χ0) is 20.1. The molecule has 1 heterocycles. The fourth-order valence-electron chi connectivity index (χ4n) is 3.09. The standard InChI is InChI=1S/C21H19Cl2N3OS/c1-3-7-17(15-10-11-18(22)19(23)12-15)21(28-14(2)27)20-13-24-25-26(20)16-8-5-4-6-9-16/h3-6,8-13,17,21H,1,7H2,2H3. The van der Waals surface area contributed by atoms with Crippen LogP contribution in [0.4, 0.5) is 0 Å². The Hall–Kier alpha value is -2.08. The summed E-state index contributed by atoms with van der Waals surface area (Å²) >= 11 is 13.6. The van der Waals surface area contributed by atoms with Crippen LogP contribution in [0.1, 0.15) is 35.8 Å². The number of aromatic nitrogens is 3. The highest BCUT2D eigenvalue weighted by atomic mass is 35.5. The molecule has 3 aromatic rings. The summed E-state index contributed by atoms with van der Waals surface area (Å²) in [5.74, 6) is -0.0536. The Morgan fingerprint density at radius 3 is 2.61 bits per heavy atom. The van der Waals surface area contributed by atoms with E-state index >= 15 is 0 Å². The maximum absolute atomic E-state index is 12.1. The van der Waals surface area contributed by atoms with E-state index in [1.807, 2.05) is 48.5 Å². The normalized spacial score (nSPS) is 13.1. The fraction of sp³-hybridized carbons (Fsp3) is 0.190. The Morgan fingerprint density at radius 2 is 1.96 bits per heavy atom. The Morgan fingerprint density at radius 1 is 1.21 bits per heavy atom. The van der Waals surface area contributed by atoms with Crippen LogP contribution >= 0.6 is 35.0 Å². The molecule has 2 aromatic carbocycles. The van der Waals surface area contributed by atoms with Gasteiger partial charge in [0, 0.05) is 12.8 Å². The molecule has 2 atom stereocenters. The topological polar surface area (TPSA) is 47.8 Å². The van der Waals surface area contributed by atoms with Gasteiger partial charge in [0.1, 0.15) is 0 Å². The second-order valence-corrected chi connectivity index (χ2v) is 8.37. The number of thioether (sulfide) groups is 1. The maximum Gasteiger partial charge on any atom is 0.186 e. The van der Waals surface area contributed by atoms with Gasteiger partial charge >= 0.3 is 0 Å². The number of carbonyl (C=O) groups excluding carboxylic acids is 1. The first-order valence-corrected chi connectivity index (χ1v) is 10.3. The summed E-state index contributed by atoms with van der Waals surface area (Å²) in [7, 11) is 0. The molecule has 144 valence electrons. The molecule has 0 bridgehead atoms. The van der Waals surface area contributed by atoms with Crippen molar-refractivity contribution in [1.82, 2.24) is 15.0 Å². The van der Waals surface area contributed by atoms with Gasteiger partial charge in [-0.1, -0.05) is 70.5 Å². The molecule has 0 aliphatic rings. The molecule has 0 saturated carbocycles. The predicted molar refractivity (Wildman–Crippen MR) is 116 cm³/mol. The lowest BCUT2D eigenvalue weighted by atomic mass is 9.90. The lowest BCUT2D eigenvalue weighted by Crippen LogP contribution is -2.14. The minimum absolute atomic E-state index is 0.0138. The summed E-state index contributed by atoms with van der Waals surface area (Å²) < 4.78 is 1.77. The van der Waals surface area contributed by atoms with E-state index in [9.17, 15) is 4.79 Å². The molecule has 1 aromatic heterocycles. The first-order valence-electron chi connectivity index (χ1n) is 8.70. The molecule has 0 amide bonds. The van der Waals surface area contributed by atoms with E-state index in [4.69, 9.17) is 23.2 Å². The summed E-state index contributed by atoms with van der Waals surface area (Å²) in [6, 6.07) is 15.3. The lowest BCUT2D eigenvalue weighted by Gasteiger charge is -2.26. The van der Waals surface area contributed by atoms with Crippen molar-refractivity contribution in [2.45, 2.75) is 24.5 Å². The highest BCUT2D eigenvalue weighted by Gasteiger charge is 2.30. The van der Waals surface area contributed by atoms with Gasteiger partial charge in [-0.25, -0.2) is 4.68 Å². The smallest absolute Gasteiger partial charge is 0.186 e. The summed E-state index contributed by atoms with van der Waals surface area (Å²) in [6.07, 6.45) is 4.21. The molecule has 0 N–H and O–H groups in total. The van der Waals surface area contributed by atoms with Crippen molar-refractivity contribution in [3.63, 3.8) is 0 Å². The second-order valence-electron chi connectivity index (χ2n) is 6.24. The predicted octanol–water partition coefficient (Wildman–Crippen LogP) is 6.25. The van der Waals surface area contributed by atoms with Crippen LogP contribution < -0.4 is 0 Å². The van der Waals surface area contributed by atoms with Gasteiger partial charge in [-0.3, -0.25) is 4.79 Å². The summed E-state index contributed by atoms with van der Waals surface area (Å²) in [5.41, 5.74) is 2.70. The average Bonchev–Trinajstić information content (AvgIpc) is 3.17. The van der Waals surface area contributed by atoms with Crippen LogP contribution in [0.15, 0.2) is 67.4 Å². The molecule has 7 heteroatoms. The van der Waals surface area contributed by atoms with Gasteiger partial charge in [0.25, 0.3) is 0 Å². The van der Waals surface area contributed by atoms with Crippen LogP contribution in [0, 0.1) is 0 Å². The third-order valence-electron chi connectivity index (χ3n) is 4.32. The number of nitrogens with zero attached hydrogens (tertiary/aromatic N) is 3. The van der Waals surface area contributed by atoms with Crippen LogP contribution in [-0.4, -0.2) is 20.1 Å². The van der Waals surface area contributed by atoms with Gasteiger partial charge in [0.15, 0.2) is 5.12 Å². The SMILES string of the molecule is C=CCC(c1ccc(Cl)c(Cl)c1)C(SC(C)=O)c1cnnn1-c1ccccc1. The Kier molecular flexibility index (Phi) is 6.94. The molecule has 0 radical (unpaired) electrons. The molecular formula is C21H19Cl2N3OS. The van der Waals surface area contributed by atoms with Crippen molar-refractivity contribution < 1.29 is 4.79 Å². The Bertz CT molecular complexity index is 975. The molecular weight excluding hydrogens is 413 g/mol. The van der Waals surface area contributed by atoms with Gasteiger partial charge < -0.3 is 0 Å². The van der Waals surface area contributed by atoms with E-state index in [2.05, 4.69) is 16.9 Å². The minimum Gasteiger partial charge on any atom is -0.288 e. The Labute approximate surface area is 178 Å². The molecule has 2 unspecified atom stereocenters. The number of rotatable bonds is 7. The molecule has 0 aliphatic heterocycles. The van der Waals surface area contributed by atoms with Crippen LogP contribution in [0.3, 0.4) is 0 Å². The second kappa shape index (κ2) is 9.41. The molecule has 0 aliphatic carbocycles. The van der Waals surface area contributed by atoms with Gasteiger partial charge in [0.05, 0.1) is 32.9 Å². The number of halogens is 2. The van der Waals surface area contributed by atoms with E-state index in [1.54, 1.807) is 23.9 Å². The van der Waals surface area contributed by atoms with E-state index in [0.717, 1.165) is 16.9 Å². The summed E-state index contributed by atoms with van der Waals surface area (Å²) in [5, 5.41) is 9.13. The van der Waals surface area contributed by atoms with E-state index in [-0.39, 0.29) is 16.3 Å². The number of hydrogen-bond donors (Lipinski definition) is 0. The van der Waals surface area contributed by atoms with Gasteiger partial charge in [0.2, 0.25) is 0 Å². The molecule has 4 nitrogen and oxygen atoms in total. The third-order valence-corrected chi connectivity index (χ3v) is 6.21. The van der Waals surface area contributed by atoms with Crippen molar-refractivity contribution in [2.24, 2.45) is 0 Å². The van der Waals surface area contributed by atoms with Crippen LogP contribution in [-0.2, 0) is 4.79 Å². The number of para-hydroxylation sites is 1. The van der Waals surface area contributed by atoms with Crippen molar-refractivity contribution >= 4 is 40.1 Å². The van der Waals surface area contributed by atoms with Crippen LogP contribution in [0.5, 0.6) is 0 Å². The van der Waals surface area contributed by atoms with Gasteiger partial charge in [-0.2, -0.15) is 0 Å². The zero-order valence-electron chi connectivity index (χ0n) is 15.3. The average molecular weight is 432 g/mol. The van der Waals surface area contributed by atoms with Crippen LogP contribution in [0.2, 0.25) is 10.0 Å². The largest absolute Gasteiger partial charge is 0.288 e. The first-order chi connectivity index (χ1) is 13.5. The van der Waals surface area contributed by atoms with Crippen molar-refractivity contribution in [3.8, 4) is 5.69 Å². The quantitative estimate of drug-likeness (QED) is 0.414. The van der Waals surface area contributed by atoms with Crippen molar-refractivity contribution in [1.29, 1.82) is 0 Å². The minimum atomic E-state index is -0.219. The van der Waals surface area contributed by atoms with E-state index in [1.165, 1.54) is 11.8 Å². The maximum atomic E-state index is 12.1. The number of benzene rings is 2. The Balaban J connectivity index is 2.10. The molecule has 3 rings (SSSR count). The van der Waals surface area contributed by atoms with E-state index in [0.29, 0.717) is 16.5 Å². The molecule has 0 fully saturated rings. The third kappa shape index (κ3) is 4.66. The highest BCUT2D eigenvalue weighted by Crippen LogP contribution is 2.45. The molecule has 0 spiro atoms. The summed E-state index contributed by atoms with van der Waals surface area (Å²) in [6.45, 7) is 5.46. The van der Waals surface area contributed by atoms with E-state index < -0.39 is 0 Å². The monoisotopic (exact) mass is 431 g/mol.